The van der Waals surface area contributed by atoms with Crippen LogP contribution in [0.15, 0.2) is 12.2 Å². The van der Waals surface area contributed by atoms with Gasteiger partial charge in [-0.1, -0.05) is 119 Å². The van der Waals surface area contributed by atoms with Crippen LogP contribution in [0.3, 0.4) is 0 Å². The third kappa shape index (κ3) is 21.6. The van der Waals surface area contributed by atoms with Crippen molar-refractivity contribution in [1.82, 2.24) is 60.0 Å². The zero-order valence-electron chi connectivity index (χ0n) is 65.2. The van der Waals surface area contributed by atoms with Gasteiger partial charge in [-0.2, -0.15) is 0 Å². The van der Waals surface area contributed by atoms with Gasteiger partial charge in [-0.3, -0.25) is 57.5 Å². The molecule has 1 spiro atoms. The van der Waals surface area contributed by atoms with Gasteiger partial charge in [-0.15, -0.1) is 23.2 Å². The van der Waals surface area contributed by atoms with Crippen molar-refractivity contribution in [2.45, 2.75) is 268 Å². The summed E-state index contributed by atoms with van der Waals surface area (Å²) in [5, 5.41) is 8.52. The Kier molecular flexibility index (Phi) is 31.6. The molecule has 582 valence electrons. The van der Waals surface area contributed by atoms with Gasteiger partial charge in [0, 0.05) is 87.9 Å². The summed E-state index contributed by atoms with van der Waals surface area (Å²) in [5.74, 6) is -7.81. The fourth-order valence-corrected chi connectivity index (χ4v) is 17.4. The van der Waals surface area contributed by atoms with Gasteiger partial charge >= 0.3 is 0 Å². The molecule has 3 N–H and O–H groups in total. The highest BCUT2D eigenvalue weighted by atomic mass is 35.5. The van der Waals surface area contributed by atoms with E-state index in [2.05, 4.69) is 22.9 Å². The smallest absolute Gasteiger partial charge is 0.248 e. The van der Waals surface area contributed by atoms with E-state index in [1.807, 2.05) is 60.6 Å². The predicted octanol–water partition coefficient (Wildman–Crippen LogP) is 6.44. The first-order valence-corrected chi connectivity index (χ1v) is 39.1. The molecule has 6 aliphatic rings. The largest absolute Gasteiger partial charge is 0.377 e. The highest BCUT2D eigenvalue weighted by molar-refractivity contribution is 6.30. The molecule has 0 aromatic carbocycles. The van der Waals surface area contributed by atoms with E-state index in [0.29, 0.717) is 50.9 Å². The molecule has 25 nitrogen and oxygen atoms in total. The van der Waals surface area contributed by atoms with Crippen LogP contribution < -0.4 is 16.0 Å². The molecule has 103 heavy (non-hydrogen) atoms. The Morgan fingerprint density at radius 2 is 1.28 bits per heavy atom. The van der Waals surface area contributed by atoms with Crippen LogP contribution in [0, 0.1) is 40.9 Å². The lowest BCUT2D eigenvalue weighted by Gasteiger charge is -2.54. The first-order valence-electron chi connectivity index (χ1n) is 38.2. The summed E-state index contributed by atoms with van der Waals surface area (Å²) >= 11 is 13.4. The maximum atomic E-state index is 15.8. The van der Waals surface area contributed by atoms with Gasteiger partial charge in [0.25, 0.3) is 0 Å². The minimum atomic E-state index is -1.59. The van der Waals surface area contributed by atoms with Crippen molar-refractivity contribution in [3.05, 3.63) is 12.2 Å². The first-order chi connectivity index (χ1) is 48.4. The minimum Gasteiger partial charge on any atom is -0.377 e. The summed E-state index contributed by atoms with van der Waals surface area (Å²) in [6, 6.07) is -9.66. The lowest BCUT2D eigenvalue weighted by molar-refractivity contribution is -0.161. The van der Waals surface area contributed by atoms with Crippen LogP contribution in [-0.4, -0.2) is 275 Å². The molecule has 3 saturated carbocycles. The zero-order chi connectivity index (χ0) is 76.9. The second-order valence-corrected chi connectivity index (χ2v) is 33.6. The van der Waals surface area contributed by atoms with Gasteiger partial charge < -0.3 is 64.8 Å². The zero-order valence-corrected chi connectivity index (χ0v) is 66.7. The van der Waals surface area contributed by atoms with Gasteiger partial charge in [-0.05, 0) is 118 Å². The van der Waals surface area contributed by atoms with Crippen LogP contribution in [0.2, 0.25) is 0 Å². The molecule has 3 aliphatic heterocycles. The topological polar surface area (TPSA) is 279 Å². The third-order valence-electron chi connectivity index (χ3n) is 23.3. The van der Waals surface area contributed by atoms with E-state index in [1.54, 1.807) is 18.7 Å². The Balaban J connectivity index is 1.49. The van der Waals surface area contributed by atoms with E-state index in [1.165, 1.54) is 95.6 Å². The Morgan fingerprint density at radius 1 is 0.650 bits per heavy atom. The summed E-state index contributed by atoms with van der Waals surface area (Å²) in [6.45, 7) is 18.4. The number of ether oxygens (including phenoxy) is 1. The molecule has 0 aromatic heterocycles. The van der Waals surface area contributed by atoms with E-state index in [-0.39, 0.29) is 93.2 Å². The van der Waals surface area contributed by atoms with E-state index in [0.717, 1.165) is 32.1 Å². The number of nitrogens with zero attached hydrogens (tertiary/aromatic N) is 9. The SMILES string of the molecule is CCO[C@@H]1C[C@H]2C(=O)NC3(CC(C)(C)C3)C(=O)N(C)[C@@H](C(CC)CC)C(=O)N(C)[C@H](C(=O)N(C)C)CC(=O)N(C)[C@@H](CC(C)C)C(=O)N[C@@H]([C@@H](C)CC)C(=O)N(C)CC(=O)N(C)[C@H]3C/C=C\CCN(C3=O)[C@@H](CC3CCC(C)CC3)C(=O)N(C)CC(=O)N[C@@H](CCC3CCC(Cl)C(Cl)C3)C(=O)N2C1. The molecular weight excluding hydrogens is 1360 g/mol. The number of hydrogen-bond donors (Lipinski definition) is 3. The summed E-state index contributed by atoms with van der Waals surface area (Å²) in [7, 11) is 11.8. The van der Waals surface area contributed by atoms with Gasteiger partial charge in [0.05, 0.1) is 31.0 Å². The quantitative estimate of drug-likeness (QED) is 0.118. The molecule has 3 unspecified atom stereocenters. The molecule has 6 rings (SSSR count). The van der Waals surface area contributed by atoms with Gasteiger partial charge in [0.1, 0.15) is 53.9 Å². The van der Waals surface area contributed by atoms with Crippen molar-refractivity contribution >= 4 is 94.1 Å². The van der Waals surface area contributed by atoms with E-state index in [9.17, 15) is 28.8 Å². The van der Waals surface area contributed by atoms with Crippen molar-refractivity contribution in [1.29, 1.82) is 0 Å². The molecule has 5 fully saturated rings. The van der Waals surface area contributed by atoms with Crippen molar-refractivity contribution in [2.75, 3.05) is 89.2 Å². The van der Waals surface area contributed by atoms with Crippen molar-refractivity contribution in [3.8, 4) is 0 Å². The summed E-state index contributed by atoms with van der Waals surface area (Å²) < 4.78 is 6.17. The van der Waals surface area contributed by atoms with Crippen LogP contribution in [0.5, 0.6) is 0 Å². The van der Waals surface area contributed by atoms with Crippen molar-refractivity contribution in [2.24, 2.45) is 40.9 Å². The Bertz CT molecular complexity index is 3020. The first kappa shape index (κ1) is 85.8. The van der Waals surface area contributed by atoms with Crippen molar-refractivity contribution in [3.63, 3.8) is 0 Å². The lowest BCUT2D eigenvalue weighted by Crippen LogP contribution is -2.71. The Hall–Kier alpha value is -6.08. The molecule has 0 radical (unpaired) electrons. The normalized spacial score (nSPS) is 31.5. The average molecular weight is 1490 g/mol. The summed E-state index contributed by atoms with van der Waals surface area (Å²) in [6.07, 6.45) is 11.0. The fourth-order valence-electron chi connectivity index (χ4n) is 16.8. The molecule has 12 amide bonds. The van der Waals surface area contributed by atoms with E-state index < -0.39 is 168 Å². The second kappa shape index (κ2) is 37.9. The number of hydrogen-bond acceptors (Lipinski definition) is 13. The third-order valence-corrected chi connectivity index (χ3v) is 24.4. The number of amides is 12. The maximum Gasteiger partial charge on any atom is 0.248 e. The van der Waals surface area contributed by atoms with Gasteiger partial charge in [0.15, 0.2) is 0 Å². The van der Waals surface area contributed by atoms with Gasteiger partial charge in [0.2, 0.25) is 70.9 Å². The number of halogens is 2. The molecule has 27 heteroatoms. The fraction of sp³-hybridized carbons (Fsp3) is 0.816. The number of likely N-dealkylation sites (N-methyl/N-ethyl adjacent to an activating group) is 7. The second-order valence-electron chi connectivity index (χ2n) is 32.5. The number of rotatable bonds is 15. The molecule has 13 atom stereocenters. The monoisotopic (exact) mass is 1480 g/mol. The minimum absolute atomic E-state index is 0.0345. The Labute approximate surface area is 624 Å². The molecular formula is C76H126Cl2N12O13. The predicted molar refractivity (Wildman–Crippen MR) is 397 cm³/mol. The number of carbonyl (C=O) groups excluding carboxylic acids is 12. The van der Waals surface area contributed by atoms with Crippen molar-refractivity contribution < 1.29 is 62.3 Å². The highest BCUT2D eigenvalue weighted by Crippen LogP contribution is 2.50. The van der Waals surface area contributed by atoms with E-state index in [4.69, 9.17) is 27.9 Å². The van der Waals surface area contributed by atoms with Crippen LogP contribution in [-0.2, 0) is 62.3 Å². The van der Waals surface area contributed by atoms with Gasteiger partial charge in [-0.25, -0.2) is 0 Å². The van der Waals surface area contributed by atoms with E-state index >= 15 is 28.8 Å². The number of nitrogens with one attached hydrogen (secondary N) is 3. The van der Waals surface area contributed by atoms with Crippen LogP contribution in [0.25, 0.3) is 0 Å². The average Bonchev–Trinajstić information content (AvgIpc) is 1.42. The molecule has 0 aromatic rings. The molecule has 2 bridgehead atoms. The summed E-state index contributed by atoms with van der Waals surface area (Å²) in [5.41, 5.74) is -2.07. The molecule has 2 saturated heterocycles. The molecule has 3 heterocycles. The maximum absolute atomic E-state index is 15.8. The summed E-state index contributed by atoms with van der Waals surface area (Å²) in [4.78, 5) is 194. The number of alkyl halides is 2. The molecule has 3 aliphatic carbocycles. The Morgan fingerprint density at radius 3 is 1.86 bits per heavy atom. The van der Waals surface area contributed by atoms with Crippen LogP contribution in [0.1, 0.15) is 198 Å². The number of fused-ring (bicyclic) bond motifs is 3. The van der Waals surface area contributed by atoms with Crippen LogP contribution in [0.4, 0.5) is 0 Å². The standard InChI is InChI=1S/C76H126Cl2N12O13/c1-19-48(8)64-72(100)84(14)43-63(93)85(15)56-26-24-23-25-35-89(71(56)99)60(38-50-29-27-47(7)28-30-50)70(98)83(13)42-61(91)79-55(34-32-49-31-33-53(77)54(78)37-49)68(96)90-41-52(103-22-4)39-58(90)67(95)81-76(44-75(9,10)45-76)74(102)88(18)65(51(20-2)21-3)73(101)87(17)59(69(97)82(11)12)40-62(92)86(16)57(36-46(5)6)66(94)80-64/h23-24,46-60,64-65H,19-22,25-45H2,1-18H3,(H,79,91)(H,80,94)(H,81,95)/b24-23-/t47?,48-,49?,50?,52+,53?,54?,55-,56-,57-,58-,59-,60-,64-,65-/m0/s1. The number of carbonyl (C=O) groups is 12. The highest BCUT2D eigenvalue weighted by Gasteiger charge is 2.59. The lowest BCUT2D eigenvalue weighted by atomic mass is 9.58. The van der Waals surface area contributed by atoms with Crippen LogP contribution >= 0.6 is 23.2 Å².